The van der Waals surface area contributed by atoms with E-state index < -0.39 is 10.0 Å². The Bertz CT molecular complexity index is 2840. The van der Waals surface area contributed by atoms with Gasteiger partial charge in [0.05, 0.1) is 40.6 Å². The molecule has 8 rings (SSSR count). The molecule has 0 bridgehead atoms. The van der Waals surface area contributed by atoms with Gasteiger partial charge in [-0.05, 0) is 83.1 Å². The monoisotopic (exact) mass is 912 g/mol. The molecule has 2 aliphatic heterocycles. The smallest absolute Gasteiger partial charge is 0.277 e. The number of nitrogens with one attached hydrogen (secondary N) is 2. The van der Waals surface area contributed by atoms with Crippen LogP contribution >= 0.6 is 0 Å². The molecule has 350 valence electrons. The zero-order valence-electron chi connectivity index (χ0n) is 39.1. The Balaban J connectivity index is 0.000000195. The number of aryl methyl sites for hydroxylation is 4. The third kappa shape index (κ3) is 10.3. The Morgan fingerprint density at radius 2 is 1.31 bits per heavy atom. The fourth-order valence-corrected chi connectivity index (χ4v) is 9.95. The van der Waals surface area contributed by atoms with Crippen molar-refractivity contribution < 1.29 is 17.9 Å². The van der Waals surface area contributed by atoms with Crippen molar-refractivity contribution in [1.82, 2.24) is 58.3 Å². The lowest BCUT2D eigenvalue weighted by molar-refractivity contribution is 0.148. The molecule has 0 radical (unpaired) electrons. The van der Waals surface area contributed by atoms with Gasteiger partial charge in [0.15, 0.2) is 16.9 Å². The molecule has 19 heteroatoms. The lowest BCUT2D eigenvalue weighted by Crippen LogP contribution is -2.48. The third-order valence-corrected chi connectivity index (χ3v) is 13.9. The number of piperazine rings is 2. The van der Waals surface area contributed by atoms with E-state index in [9.17, 15) is 18.0 Å². The highest BCUT2D eigenvalue weighted by Crippen LogP contribution is 2.33. The van der Waals surface area contributed by atoms with E-state index in [0.29, 0.717) is 91.0 Å². The van der Waals surface area contributed by atoms with Crippen LogP contribution in [0.15, 0.2) is 50.9 Å². The first-order valence-corrected chi connectivity index (χ1v) is 24.3. The number of fused-ring (bicyclic) bond motifs is 2. The van der Waals surface area contributed by atoms with Gasteiger partial charge in [0, 0.05) is 72.4 Å². The van der Waals surface area contributed by atoms with Crippen LogP contribution in [0.25, 0.3) is 39.3 Å². The van der Waals surface area contributed by atoms with Crippen LogP contribution in [0, 0.1) is 6.92 Å². The number of benzene rings is 2. The molecule has 65 heavy (non-hydrogen) atoms. The van der Waals surface area contributed by atoms with Gasteiger partial charge < -0.3 is 29.2 Å². The summed E-state index contributed by atoms with van der Waals surface area (Å²) in [7, 11) is 0.245. The molecule has 0 amide bonds. The average Bonchev–Trinajstić information content (AvgIpc) is 3.80. The van der Waals surface area contributed by atoms with Crippen molar-refractivity contribution >= 4 is 26.6 Å². The van der Waals surface area contributed by atoms with E-state index in [1.807, 2.05) is 26.8 Å². The highest BCUT2D eigenvalue weighted by molar-refractivity contribution is 7.89. The summed E-state index contributed by atoms with van der Waals surface area (Å²) >= 11 is 0. The predicted octanol–water partition coefficient (Wildman–Crippen LogP) is 4.49. The summed E-state index contributed by atoms with van der Waals surface area (Å²) in [4.78, 5) is 48.2. The van der Waals surface area contributed by atoms with Gasteiger partial charge in [0.25, 0.3) is 11.1 Å². The van der Waals surface area contributed by atoms with Gasteiger partial charge in [-0.25, -0.2) is 22.9 Å². The molecule has 6 heterocycles. The molecule has 0 atom stereocenters. The topological polar surface area (TPSA) is 192 Å². The maximum Gasteiger partial charge on any atom is 0.277 e. The Kier molecular flexibility index (Phi) is 15.2. The third-order valence-electron chi connectivity index (χ3n) is 12.0. The van der Waals surface area contributed by atoms with Crippen LogP contribution in [0.3, 0.4) is 0 Å². The summed E-state index contributed by atoms with van der Waals surface area (Å²) in [6.45, 7) is 21.0. The fraction of sp³-hybridized carbons (Fsp3) is 0.522. The second-order valence-corrected chi connectivity index (χ2v) is 18.6. The number of imidazole rings is 1. The van der Waals surface area contributed by atoms with E-state index in [0.717, 1.165) is 75.5 Å². The van der Waals surface area contributed by atoms with Gasteiger partial charge in [-0.15, -0.1) is 5.10 Å². The van der Waals surface area contributed by atoms with E-state index >= 15 is 0 Å². The number of hydrogen-bond donors (Lipinski definition) is 2. The molecule has 6 aromatic rings. The molecule has 0 spiro atoms. The van der Waals surface area contributed by atoms with E-state index in [2.05, 4.69) is 72.9 Å². The molecule has 2 aliphatic rings. The highest BCUT2D eigenvalue weighted by Gasteiger charge is 2.30. The number of ether oxygens (including phenoxy) is 2. The van der Waals surface area contributed by atoms with Gasteiger partial charge in [0.2, 0.25) is 10.0 Å². The Labute approximate surface area is 380 Å². The number of likely N-dealkylation sites (N-methyl/N-ethyl adjacent to an activating group) is 2. The minimum absolute atomic E-state index is 0.147. The summed E-state index contributed by atoms with van der Waals surface area (Å²) in [5.41, 5.74) is 4.96. The molecular weight excluding hydrogens is 849 g/mol. The molecular formula is C46H64N12O6S. The average molecular weight is 913 g/mol. The first-order valence-electron chi connectivity index (χ1n) is 22.9. The largest absolute Gasteiger partial charge is 0.493 e. The summed E-state index contributed by atoms with van der Waals surface area (Å²) < 4.78 is 43.2. The molecule has 0 unspecified atom stereocenters. The normalized spacial score (nSPS) is 15.7. The second kappa shape index (κ2) is 20.8. The summed E-state index contributed by atoms with van der Waals surface area (Å²) in [6, 6.07) is 10.9. The van der Waals surface area contributed by atoms with Crippen molar-refractivity contribution in [2.75, 3.05) is 79.2 Å². The van der Waals surface area contributed by atoms with Gasteiger partial charge in [-0.2, -0.15) is 9.40 Å². The maximum atomic E-state index is 13.4. The number of rotatable bonds is 15. The molecule has 4 aromatic heterocycles. The van der Waals surface area contributed by atoms with Crippen LogP contribution in [0.5, 0.6) is 11.5 Å². The Morgan fingerprint density at radius 1 is 0.692 bits per heavy atom. The molecule has 0 saturated carbocycles. The number of hydrogen-bond acceptors (Lipinski definition) is 13. The van der Waals surface area contributed by atoms with Crippen molar-refractivity contribution in [3.63, 3.8) is 0 Å². The summed E-state index contributed by atoms with van der Waals surface area (Å²) in [5.74, 6) is 2.65. The van der Waals surface area contributed by atoms with E-state index in [1.54, 1.807) is 41.4 Å². The lowest BCUT2D eigenvalue weighted by Gasteiger charge is -2.33. The van der Waals surface area contributed by atoms with Crippen LogP contribution in [0.4, 0.5) is 0 Å². The first kappa shape index (κ1) is 47.5. The summed E-state index contributed by atoms with van der Waals surface area (Å²) in [5, 5.41) is 9.18. The molecule has 2 fully saturated rings. The van der Waals surface area contributed by atoms with Crippen molar-refractivity contribution in [2.45, 2.75) is 78.7 Å². The predicted molar refractivity (Wildman–Crippen MR) is 252 cm³/mol. The van der Waals surface area contributed by atoms with Crippen molar-refractivity contribution in [2.24, 2.45) is 7.05 Å². The standard InChI is InChI=1S/C23H32N6O4S.C23H32N6O2/c1-5-8-20-24-16(4)21-23(30)25-22(26-29(20)21)18-15-17(9-10-19(18)33-7-3)34(31,32)28-13-11-27(6-2)12-14-28;1-5-7-18-20-21(28(4)26-18)23(30)25-22(24-20)17-14-16(8-9-19(17)31-6-2)15-29-12-10-27(3)11-13-29/h9-10,15H,5-8,11-14H2,1-4H3,(H,25,26,30);8-9,14H,5-7,10-13,15H2,1-4H3,(H,24,25,30). The van der Waals surface area contributed by atoms with Crippen LogP contribution in [0.1, 0.15) is 70.2 Å². The molecule has 2 N–H and O–H groups in total. The number of nitrogens with zero attached hydrogens (tertiary/aromatic N) is 10. The van der Waals surface area contributed by atoms with Gasteiger partial charge in [-0.3, -0.25) is 19.2 Å². The van der Waals surface area contributed by atoms with Gasteiger partial charge in [0.1, 0.15) is 28.7 Å². The minimum Gasteiger partial charge on any atom is -0.493 e. The highest BCUT2D eigenvalue weighted by atomic mass is 32.2. The zero-order valence-corrected chi connectivity index (χ0v) is 39.9. The maximum absolute atomic E-state index is 13.4. The van der Waals surface area contributed by atoms with Crippen molar-refractivity contribution in [3.8, 4) is 34.3 Å². The van der Waals surface area contributed by atoms with Gasteiger partial charge >= 0.3 is 0 Å². The quantitative estimate of drug-likeness (QED) is 0.147. The van der Waals surface area contributed by atoms with Crippen LogP contribution in [-0.2, 0) is 36.5 Å². The van der Waals surface area contributed by atoms with E-state index in [-0.39, 0.29) is 21.8 Å². The molecule has 0 aliphatic carbocycles. The van der Waals surface area contributed by atoms with Crippen LogP contribution < -0.4 is 20.6 Å². The van der Waals surface area contributed by atoms with Crippen molar-refractivity contribution in [3.05, 3.63) is 79.9 Å². The number of sulfonamides is 1. The molecule has 18 nitrogen and oxygen atoms in total. The SMILES string of the molecule is CCCc1nc(C)c2c(=O)[nH]c(-c3cc(S(=O)(=O)N4CCN(CC)CC4)ccc3OCC)nn12.CCCc1nn(C)c2c(=O)[nH]c(-c3cc(CN4CCN(C)CC4)ccc3OCC)nc12. The van der Waals surface area contributed by atoms with Crippen LogP contribution in [-0.4, -0.2) is 146 Å². The Hall–Kier alpha value is -5.47. The Morgan fingerprint density at radius 3 is 1.95 bits per heavy atom. The minimum atomic E-state index is -3.71. The van der Waals surface area contributed by atoms with Gasteiger partial charge in [-0.1, -0.05) is 33.3 Å². The van der Waals surface area contributed by atoms with E-state index in [4.69, 9.17) is 14.5 Å². The fourth-order valence-electron chi connectivity index (χ4n) is 8.50. The number of aromatic nitrogens is 8. The number of aromatic amines is 2. The van der Waals surface area contributed by atoms with E-state index in [1.165, 1.54) is 9.87 Å². The van der Waals surface area contributed by atoms with Crippen LogP contribution in [0.2, 0.25) is 0 Å². The first-order chi connectivity index (χ1) is 31.3. The number of H-pyrrole nitrogens is 2. The second-order valence-electron chi connectivity index (χ2n) is 16.6. The molecule has 2 saturated heterocycles. The molecule has 2 aromatic carbocycles. The van der Waals surface area contributed by atoms with Crippen molar-refractivity contribution in [1.29, 1.82) is 0 Å². The zero-order chi connectivity index (χ0) is 46.4. The summed E-state index contributed by atoms with van der Waals surface area (Å²) in [6.07, 6.45) is 3.25. The lowest BCUT2D eigenvalue weighted by atomic mass is 10.1.